The predicted octanol–water partition coefficient (Wildman–Crippen LogP) is 3.43. The van der Waals surface area contributed by atoms with Gasteiger partial charge in [0.2, 0.25) is 0 Å². The summed E-state index contributed by atoms with van der Waals surface area (Å²) in [6.45, 7) is 9.37. The van der Waals surface area contributed by atoms with E-state index >= 15 is 0 Å². The molecule has 5 heteroatoms. The molecule has 0 unspecified atom stereocenters. The first-order valence-electron chi connectivity index (χ1n) is 10.4. The fourth-order valence-corrected chi connectivity index (χ4v) is 9.51. The van der Waals surface area contributed by atoms with Gasteiger partial charge < -0.3 is 13.9 Å². The SMILES string of the molecule is CC(C)(C)[Si](OC[C@@]1(C)C[C@@H]2OC(=O)C[C@@H]2O1)(c1ccccc1)c1ccccc1. The van der Waals surface area contributed by atoms with E-state index in [1.54, 1.807) is 0 Å². The van der Waals surface area contributed by atoms with E-state index in [4.69, 9.17) is 13.9 Å². The molecule has 2 aromatic rings. The molecule has 4 nitrogen and oxygen atoms in total. The lowest BCUT2D eigenvalue weighted by Crippen LogP contribution is -2.67. The minimum absolute atomic E-state index is 0.0764. The second-order valence-corrected chi connectivity index (χ2v) is 13.8. The van der Waals surface area contributed by atoms with Crippen molar-refractivity contribution in [3.63, 3.8) is 0 Å². The molecule has 0 radical (unpaired) electrons. The Morgan fingerprint density at radius 3 is 2.03 bits per heavy atom. The molecular formula is C24H30O4Si. The van der Waals surface area contributed by atoms with Crippen molar-refractivity contribution in [1.29, 1.82) is 0 Å². The number of fused-ring (bicyclic) bond motifs is 1. The monoisotopic (exact) mass is 410 g/mol. The molecule has 154 valence electrons. The smallest absolute Gasteiger partial charge is 0.308 e. The molecule has 2 aromatic carbocycles. The van der Waals surface area contributed by atoms with Crippen LogP contribution in [0.2, 0.25) is 5.04 Å². The Kier molecular flexibility index (Phi) is 5.17. The molecule has 2 aliphatic heterocycles. The van der Waals surface area contributed by atoms with E-state index in [2.05, 4.69) is 76.2 Å². The third-order valence-electron chi connectivity index (χ3n) is 6.15. The first kappa shape index (κ1) is 20.3. The van der Waals surface area contributed by atoms with Gasteiger partial charge in [0.15, 0.2) is 0 Å². The quantitative estimate of drug-likeness (QED) is 0.560. The Morgan fingerprint density at radius 1 is 1.00 bits per heavy atom. The predicted molar refractivity (Wildman–Crippen MR) is 116 cm³/mol. The molecule has 0 saturated carbocycles. The van der Waals surface area contributed by atoms with Crippen LogP contribution in [-0.4, -0.2) is 38.7 Å². The van der Waals surface area contributed by atoms with Crippen molar-refractivity contribution >= 4 is 24.7 Å². The normalized spacial score (nSPS) is 27.0. The van der Waals surface area contributed by atoms with Crippen LogP contribution in [0, 0.1) is 0 Å². The average molecular weight is 411 g/mol. The zero-order chi connectivity index (χ0) is 20.7. The van der Waals surface area contributed by atoms with E-state index in [0.29, 0.717) is 19.4 Å². The molecule has 0 aliphatic carbocycles. The van der Waals surface area contributed by atoms with E-state index in [1.165, 1.54) is 10.4 Å². The van der Waals surface area contributed by atoms with E-state index in [-0.39, 0.29) is 23.2 Å². The summed E-state index contributed by atoms with van der Waals surface area (Å²) in [4.78, 5) is 11.6. The second-order valence-electron chi connectivity index (χ2n) is 9.49. The minimum atomic E-state index is -2.60. The molecular weight excluding hydrogens is 380 g/mol. The maximum atomic E-state index is 11.6. The third kappa shape index (κ3) is 3.67. The maximum Gasteiger partial charge on any atom is 0.308 e. The van der Waals surface area contributed by atoms with Crippen LogP contribution >= 0.6 is 0 Å². The van der Waals surface area contributed by atoms with Gasteiger partial charge in [0.1, 0.15) is 12.2 Å². The summed E-state index contributed by atoms with van der Waals surface area (Å²) in [5, 5.41) is 2.44. The highest BCUT2D eigenvalue weighted by molar-refractivity contribution is 6.99. The van der Waals surface area contributed by atoms with Crippen molar-refractivity contribution in [3.05, 3.63) is 60.7 Å². The van der Waals surface area contributed by atoms with Gasteiger partial charge in [-0.15, -0.1) is 0 Å². The molecule has 2 saturated heterocycles. The third-order valence-corrected chi connectivity index (χ3v) is 11.1. The summed E-state index contributed by atoms with van der Waals surface area (Å²) in [5.74, 6) is -0.157. The molecule has 2 heterocycles. The lowest BCUT2D eigenvalue weighted by molar-refractivity contribution is -0.142. The Hall–Kier alpha value is -1.95. The van der Waals surface area contributed by atoms with Crippen LogP contribution in [0.3, 0.4) is 0 Å². The summed E-state index contributed by atoms with van der Waals surface area (Å²) in [6, 6.07) is 21.2. The van der Waals surface area contributed by atoms with Crippen molar-refractivity contribution in [2.24, 2.45) is 0 Å². The number of rotatable bonds is 5. The lowest BCUT2D eigenvalue weighted by atomic mass is 10.0. The largest absolute Gasteiger partial charge is 0.459 e. The number of hydrogen-bond acceptors (Lipinski definition) is 4. The van der Waals surface area contributed by atoms with Gasteiger partial charge in [-0.05, 0) is 22.3 Å². The first-order valence-corrected chi connectivity index (χ1v) is 12.3. The van der Waals surface area contributed by atoms with Gasteiger partial charge in [0, 0.05) is 6.42 Å². The average Bonchev–Trinajstić information content (AvgIpc) is 3.16. The zero-order valence-corrected chi connectivity index (χ0v) is 18.7. The zero-order valence-electron chi connectivity index (χ0n) is 17.7. The van der Waals surface area contributed by atoms with Gasteiger partial charge in [0.25, 0.3) is 8.32 Å². The van der Waals surface area contributed by atoms with E-state index in [0.717, 1.165) is 0 Å². The number of carbonyl (C=O) groups is 1. The molecule has 4 rings (SSSR count). The van der Waals surface area contributed by atoms with Crippen molar-refractivity contribution < 1.29 is 18.7 Å². The molecule has 29 heavy (non-hydrogen) atoms. The van der Waals surface area contributed by atoms with Crippen LogP contribution in [0.4, 0.5) is 0 Å². The highest BCUT2D eigenvalue weighted by atomic mass is 28.4. The Labute approximate surface area is 174 Å². The molecule has 0 aromatic heterocycles. The number of carbonyl (C=O) groups excluding carboxylic acids is 1. The number of ether oxygens (including phenoxy) is 2. The van der Waals surface area contributed by atoms with Crippen LogP contribution in [0.5, 0.6) is 0 Å². The van der Waals surface area contributed by atoms with Gasteiger partial charge in [-0.3, -0.25) is 4.79 Å². The summed E-state index contributed by atoms with van der Waals surface area (Å²) in [7, 11) is -2.60. The maximum absolute atomic E-state index is 11.6. The van der Waals surface area contributed by atoms with Crippen LogP contribution in [0.15, 0.2) is 60.7 Å². The van der Waals surface area contributed by atoms with Crippen LogP contribution in [-0.2, 0) is 18.7 Å². The Morgan fingerprint density at radius 2 is 1.55 bits per heavy atom. The van der Waals surface area contributed by atoms with Crippen molar-refractivity contribution in [2.75, 3.05) is 6.61 Å². The fraction of sp³-hybridized carbons (Fsp3) is 0.458. The Balaban J connectivity index is 1.69. The molecule has 3 atom stereocenters. The summed E-state index contributed by atoms with van der Waals surface area (Å²) < 4.78 is 18.7. The molecule has 0 amide bonds. The van der Waals surface area contributed by atoms with Crippen molar-refractivity contribution in [3.8, 4) is 0 Å². The van der Waals surface area contributed by atoms with E-state index in [9.17, 15) is 4.79 Å². The second kappa shape index (κ2) is 7.38. The molecule has 0 bridgehead atoms. The Bertz CT molecular complexity index is 804. The molecule has 2 fully saturated rings. The van der Waals surface area contributed by atoms with Gasteiger partial charge in [-0.1, -0.05) is 81.4 Å². The van der Waals surface area contributed by atoms with E-state index in [1.807, 2.05) is 12.1 Å². The van der Waals surface area contributed by atoms with Gasteiger partial charge in [0.05, 0.1) is 18.6 Å². The van der Waals surface area contributed by atoms with Crippen LogP contribution < -0.4 is 10.4 Å². The van der Waals surface area contributed by atoms with Gasteiger partial charge >= 0.3 is 5.97 Å². The van der Waals surface area contributed by atoms with Gasteiger partial charge in [-0.2, -0.15) is 0 Å². The summed E-state index contributed by atoms with van der Waals surface area (Å²) in [6.07, 6.45) is 0.742. The molecule has 2 aliphatic rings. The lowest BCUT2D eigenvalue weighted by Gasteiger charge is -2.44. The number of esters is 1. The van der Waals surface area contributed by atoms with Gasteiger partial charge in [-0.25, -0.2) is 0 Å². The molecule has 0 spiro atoms. The summed E-state index contributed by atoms with van der Waals surface area (Å²) >= 11 is 0. The van der Waals surface area contributed by atoms with Crippen LogP contribution in [0.1, 0.15) is 40.5 Å². The highest BCUT2D eigenvalue weighted by Gasteiger charge is 2.54. The van der Waals surface area contributed by atoms with Crippen LogP contribution in [0.25, 0.3) is 0 Å². The number of benzene rings is 2. The standard InChI is InChI=1S/C24H30O4Si/c1-23(2,3)29(18-11-7-5-8-12-18,19-13-9-6-10-14-19)26-17-24(4)16-21-20(28-24)15-22(25)27-21/h5-14,20-21H,15-17H2,1-4H3/t20-,21-,24+/m0/s1. The summed E-state index contributed by atoms with van der Waals surface area (Å²) in [5.41, 5.74) is -0.455. The highest BCUT2D eigenvalue weighted by Crippen LogP contribution is 2.41. The van der Waals surface area contributed by atoms with Crippen molar-refractivity contribution in [2.45, 2.75) is 63.4 Å². The first-order chi connectivity index (χ1) is 13.7. The minimum Gasteiger partial charge on any atom is -0.459 e. The van der Waals surface area contributed by atoms with Crippen molar-refractivity contribution in [1.82, 2.24) is 0 Å². The molecule has 0 N–H and O–H groups in total. The van der Waals surface area contributed by atoms with E-state index < -0.39 is 13.9 Å². The fourth-order valence-electron chi connectivity index (χ4n) is 4.83. The number of hydrogen-bond donors (Lipinski definition) is 0. The topological polar surface area (TPSA) is 44.8 Å².